The number of ether oxygens (including phenoxy) is 2. The summed E-state index contributed by atoms with van der Waals surface area (Å²) in [5, 5.41) is 0. The van der Waals surface area contributed by atoms with Crippen molar-refractivity contribution in [3.05, 3.63) is 24.3 Å². The summed E-state index contributed by atoms with van der Waals surface area (Å²) < 4.78 is 10.9. The van der Waals surface area contributed by atoms with E-state index < -0.39 is 0 Å². The van der Waals surface area contributed by atoms with Crippen LogP contribution in [0.5, 0.6) is 0 Å². The van der Waals surface area contributed by atoms with Gasteiger partial charge in [0, 0.05) is 19.3 Å². The van der Waals surface area contributed by atoms with E-state index in [1.807, 2.05) is 0 Å². The summed E-state index contributed by atoms with van der Waals surface area (Å²) in [5.74, 6) is -0.615. The second kappa shape index (κ2) is 5.56. The number of hydrogen-bond acceptors (Lipinski definition) is 4. The maximum absolute atomic E-state index is 11.4. The molecule has 0 saturated heterocycles. The highest BCUT2D eigenvalue weighted by molar-refractivity contribution is 5.67. The fraction of sp³-hybridized carbons (Fsp3) is 0.667. The Morgan fingerprint density at radius 1 is 0.909 bits per heavy atom. The van der Waals surface area contributed by atoms with Crippen molar-refractivity contribution in [2.45, 2.75) is 64.6 Å². The molecule has 3 rings (SSSR count). The molecule has 0 unspecified atom stereocenters. The SMILES string of the molecule is CC(=O)O[C@H]1CCC23C=CCC2(CC=C3)CC[C@@H]1OC(C)=O. The van der Waals surface area contributed by atoms with Gasteiger partial charge in [-0.05, 0) is 43.9 Å². The maximum Gasteiger partial charge on any atom is 0.303 e. The predicted molar refractivity (Wildman–Crippen MR) is 82.0 cm³/mol. The zero-order valence-electron chi connectivity index (χ0n) is 13.3. The molecule has 3 aliphatic rings. The number of rotatable bonds is 2. The summed E-state index contributed by atoms with van der Waals surface area (Å²) in [6.07, 6.45) is 14.2. The van der Waals surface area contributed by atoms with E-state index in [-0.39, 0.29) is 35.0 Å². The highest BCUT2D eigenvalue weighted by Gasteiger charge is 2.53. The molecule has 3 aliphatic carbocycles. The molecular formula is C18H24O4. The average molecular weight is 304 g/mol. The van der Waals surface area contributed by atoms with Crippen LogP contribution in [0.15, 0.2) is 24.3 Å². The van der Waals surface area contributed by atoms with E-state index in [1.165, 1.54) is 13.8 Å². The van der Waals surface area contributed by atoms with Crippen LogP contribution < -0.4 is 0 Å². The Morgan fingerprint density at radius 3 is 1.91 bits per heavy atom. The fourth-order valence-electron chi connectivity index (χ4n) is 4.60. The molecule has 0 spiro atoms. The molecule has 0 heterocycles. The molecule has 0 aromatic carbocycles. The number of allylic oxidation sites excluding steroid dienone is 4. The van der Waals surface area contributed by atoms with E-state index in [9.17, 15) is 9.59 Å². The van der Waals surface area contributed by atoms with Crippen LogP contribution in [0.3, 0.4) is 0 Å². The first-order chi connectivity index (χ1) is 10.5. The molecule has 0 aromatic heterocycles. The summed E-state index contributed by atoms with van der Waals surface area (Å²) in [7, 11) is 0. The largest absolute Gasteiger partial charge is 0.459 e. The molecule has 4 nitrogen and oxygen atoms in total. The van der Waals surface area contributed by atoms with E-state index in [0.717, 1.165) is 38.5 Å². The maximum atomic E-state index is 11.4. The summed E-state index contributed by atoms with van der Waals surface area (Å²) in [6.45, 7) is 2.83. The molecule has 0 radical (unpaired) electrons. The third kappa shape index (κ3) is 2.49. The van der Waals surface area contributed by atoms with Crippen molar-refractivity contribution in [3.63, 3.8) is 0 Å². The molecule has 0 N–H and O–H groups in total. The highest BCUT2D eigenvalue weighted by Crippen LogP contribution is 2.62. The van der Waals surface area contributed by atoms with Gasteiger partial charge in [-0.3, -0.25) is 9.59 Å². The van der Waals surface area contributed by atoms with Crippen molar-refractivity contribution in [1.29, 1.82) is 0 Å². The Labute approximate surface area is 131 Å². The van der Waals surface area contributed by atoms with Gasteiger partial charge in [-0.1, -0.05) is 24.3 Å². The van der Waals surface area contributed by atoms with Gasteiger partial charge in [0.2, 0.25) is 0 Å². The number of carbonyl (C=O) groups excluding carboxylic acids is 2. The highest BCUT2D eigenvalue weighted by atomic mass is 16.6. The first-order valence-corrected chi connectivity index (χ1v) is 8.16. The molecule has 0 aromatic rings. The van der Waals surface area contributed by atoms with Crippen LogP contribution in [0, 0.1) is 10.8 Å². The van der Waals surface area contributed by atoms with Crippen molar-refractivity contribution in [2.24, 2.45) is 10.8 Å². The minimum atomic E-state index is -0.336. The fourth-order valence-corrected chi connectivity index (χ4v) is 4.60. The Morgan fingerprint density at radius 2 is 1.41 bits per heavy atom. The van der Waals surface area contributed by atoms with E-state index >= 15 is 0 Å². The summed E-state index contributed by atoms with van der Waals surface area (Å²) in [4.78, 5) is 22.8. The van der Waals surface area contributed by atoms with E-state index in [1.54, 1.807) is 0 Å². The van der Waals surface area contributed by atoms with Crippen molar-refractivity contribution >= 4 is 11.9 Å². The Balaban J connectivity index is 1.83. The van der Waals surface area contributed by atoms with Gasteiger partial charge in [0.1, 0.15) is 12.2 Å². The van der Waals surface area contributed by atoms with Crippen LogP contribution in [0.1, 0.15) is 52.4 Å². The Bertz CT molecular complexity index is 515. The van der Waals surface area contributed by atoms with Crippen molar-refractivity contribution in [2.75, 3.05) is 0 Å². The van der Waals surface area contributed by atoms with Gasteiger partial charge < -0.3 is 9.47 Å². The molecular weight excluding hydrogens is 280 g/mol. The van der Waals surface area contributed by atoms with Crippen molar-refractivity contribution in [1.82, 2.24) is 0 Å². The van der Waals surface area contributed by atoms with E-state index in [0.29, 0.717) is 0 Å². The molecule has 22 heavy (non-hydrogen) atoms. The minimum Gasteiger partial charge on any atom is -0.459 e. The minimum absolute atomic E-state index is 0.104. The third-order valence-electron chi connectivity index (χ3n) is 5.63. The van der Waals surface area contributed by atoms with Crippen LogP contribution >= 0.6 is 0 Å². The lowest BCUT2D eigenvalue weighted by molar-refractivity contribution is -0.169. The summed E-state index contributed by atoms with van der Waals surface area (Å²) >= 11 is 0. The second-order valence-corrected chi connectivity index (χ2v) is 6.91. The lowest BCUT2D eigenvalue weighted by Crippen LogP contribution is -2.42. The van der Waals surface area contributed by atoms with Gasteiger partial charge in [-0.25, -0.2) is 0 Å². The first-order valence-electron chi connectivity index (χ1n) is 8.16. The zero-order valence-corrected chi connectivity index (χ0v) is 13.3. The van der Waals surface area contributed by atoms with E-state index in [4.69, 9.17) is 9.47 Å². The monoisotopic (exact) mass is 304 g/mol. The Hall–Kier alpha value is -1.58. The predicted octanol–water partition coefficient (Wildman–Crippen LogP) is 3.32. The molecule has 1 saturated carbocycles. The first kappa shape index (κ1) is 15.3. The van der Waals surface area contributed by atoms with Crippen LogP contribution in [-0.4, -0.2) is 24.1 Å². The normalized spacial score (nSPS) is 39.5. The lowest BCUT2D eigenvalue weighted by Gasteiger charge is -2.44. The van der Waals surface area contributed by atoms with Gasteiger partial charge in [0.05, 0.1) is 0 Å². The molecule has 0 aliphatic heterocycles. The van der Waals surface area contributed by atoms with Gasteiger partial charge in [-0.2, -0.15) is 0 Å². The van der Waals surface area contributed by atoms with Crippen molar-refractivity contribution < 1.29 is 19.1 Å². The number of carbonyl (C=O) groups is 2. The van der Waals surface area contributed by atoms with Gasteiger partial charge >= 0.3 is 11.9 Å². The summed E-state index contributed by atoms with van der Waals surface area (Å²) in [6, 6.07) is 0. The molecule has 0 bridgehead atoms. The Kier molecular flexibility index (Phi) is 3.87. The van der Waals surface area contributed by atoms with E-state index in [2.05, 4.69) is 24.3 Å². The van der Waals surface area contributed by atoms with Gasteiger partial charge in [0.15, 0.2) is 0 Å². The van der Waals surface area contributed by atoms with Crippen LogP contribution in [0.4, 0.5) is 0 Å². The molecule has 1 fully saturated rings. The molecule has 2 atom stereocenters. The average Bonchev–Trinajstić information content (AvgIpc) is 2.91. The second-order valence-electron chi connectivity index (χ2n) is 6.91. The summed E-state index contributed by atoms with van der Waals surface area (Å²) in [5.41, 5.74) is 0.346. The van der Waals surface area contributed by atoms with Gasteiger partial charge in [-0.15, -0.1) is 0 Å². The lowest BCUT2D eigenvalue weighted by atomic mass is 9.61. The van der Waals surface area contributed by atoms with Crippen LogP contribution in [0.2, 0.25) is 0 Å². The van der Waals surface area contributed by atoms with Crippen LogP contribution in [-0.2, 0) is 19.1 Å². The molecule has 0 amide bonds. The standard InChI is InChI=1S/C18H24O4/c1-13(19)21-15-5-11-17-7-3-9-18(17,10-4-8-17)12-6-16(15)22-14(2)20/h3-4,7-8,15-16H,5-6,9-12H2,1-2H3/t15-,16-,17?,18?/m0/s1. The molecule has 4 heteroatoms. The quantitative estimate of drug-likeness (QED) is 0.580. The van der Waals surface area contributed by atoms with Crippen LogP contribution in [0.25, 0.3) is 0 Å². The smallest absolute Gasteiger partial charge is 0.303 e. The third-order valence-corrected chi connectivity index (χ3v) is 5.63. The zero-order chi connectivity index (χ0) is 15.8. The van der Waals surface area contributed by atoms with Gasteiger partial charge in [0.25, 0.3) is 0 Å². The topological polar surface area (TPSA) is 52.6 Å². The number of esters is 2. The number of hydrogen-bond donors (Lipinski definition) is 0. The van der Waals surface area contributed by atoms with Crippen molar-refractivity contribution in [3.8, 4) is 0 Å². The molecule has 120 valence electrons.